The minimum absolute atomic E-state index is 0.0974. The van der Waals surface area contributed by atoms with Crippen molar-refractivity contribution >= 4 is 5.91 Å². The van der Waals surface area contributed by atoms with Crippen molar-refractivity contribution in [3.05, 3.63) is 48.0 Å². The van der Waals surface area contributed by atoms with Crippen molar-refractivity contribution in [2.45, 2.75) is 26.5 Å². The van der Waals surface area contributed by atoms with Gasteiger partial charge in [0.1, 0.15) is 6.61 Å². The van der Waals surface area contributed by atoms with Crippen LogP contribution in [0.3, 0.4) is 0 Å². The molecule has 1 amide bonds. The van der Waals surface area contributed by atoms with Gasteiger partial charge in [-0.15, -0.1) is 0 Å². The maximum atomic E-state index is 12.9. The average Bonchev–Trinajstić information content (AvgIpc) is 2.72. The van der Waals surface area contributed by atoms with Crippen LogP contribution in [0, 0.1) is 0 Å². The van der Waals surface area contributed by atoms with E-state index >= 15 is 0 Å². The average molecular weight is 371 g/mol. The van der Waals surface area contributed by atoms with Gasteiger partial charge in [-0.2, -0.15) is 0 Å². The zero-order valence-corrected chi connectivity index (χ0v) is 15.9. The van der Waals surface area contributed by atoms with Crippen molar-refractivity contribution in [3.63, 3.8) is 0 Å². The van der Waals surface area contributed by atoms with Gasteiger partial charge in [0.25, 0.3) is 5.91 Å². The molecule has 0 saturated carbocycles. The van der Waals surface area contributed by atoms with Gasteiger partial charge in [0.2, 0.25) is 6.10 Å². The summed E-state index contributed by atoms with van der Waals surface area (Å²) < 4.78 is 22.5. The molecule has 0 spiro atoms. The number of para-hydroxylation sites is 2. The smallest absolute Gasteiger partial charge is 0.267 e. The Morgan fingerprint density at radius 2 is 1.93 bits per heavy atom. The van der Waals surface area contributed by atoms with Crippen LogP contribution in [0.25, 0.3) is 0 Å². The van der Waals surface area contributed by atoms with E-state index in [-0.39, 0.29) is 12.5 Å². The van der Waals surface area contributed by atoms with E-state index in [0.717, 1.165) is 5.56 Å². The van der Waals surface area contributed by atoms with Crippen LogP contribution in [0.1, 0.15) is 19.4 Å². The lowest BCUT2D eigenvalue weighted by atomic mass is 10.1. The minimum Gasteiger partial charge on any atom is -0.493 e. The zero-order valence-electron chi connectivity index (χ0n) is 15.9. The molecule has 0 aromatic heterocycles. The molecular formula is C21H25NO5. The van der Waals surface area contributed by atoms with Crippen molar-refractivity contribution in [2.75, 3.05) is 26.9 Å². The molecule has 0 N–H and O–H groups in total. The lowest BCUT2D eigenvalue weighted by Gasteiger charge is -2.30. The maximum absolute atomic E-state index is 12.9. The molecule has 1 atom stereocenters. The molecule has 0 saturated heterocycles. The normalized spacial score (nSPS) is 15.1. The number of methoxy groups -OCH3 is 1. The van der Waals surface area contributed by atoms with E-state index in [1.807, 2.05) is 56.3 Å². The molecule has 3 rings (SSSR count). The molecule has 2 aromatic carbocycles. The highest BCUT2D eigenvalue weighted by molar-refractivity contribution is 5.82. The standard InChI is InChI=1S/C21H25NO5/c1-4-22(13-15-10-11-17(25-5-2)19(12-15)24-3)21(23)20-14-26-16-8-6-7-9-18(16)27-20/h6-12,20H,4-5,13-14H2,1-3H3/t20-/m0/s1. The Morgan fingerprint density at radius 1 is 1.15 bits per heavy atom. The number of benzene rings is 2. The van der Waals surface area contributed by atoms with Gasteiger partial charge >= 0.3 is 0 Å². The lowest BCUT2D eigenvalue weighted by molar-refractivity contribution is -0.141. The number of nitrogens with zero attached hydrogens (tertiary/aromatic N) is 1. The van der Waals surface area contributed by atoms with E-state index in [1.165, 1.54) is 0 Å². The fourth-order valence-electron chi connectivity index (χ4n) is 3.00. The van der Waals surface area contributed by atoms with Crippen LogP contribution in [0.15, 0.2) is 42.5 Å². The van der Waals surface area contributed by atoms with Crippen molar-refractivity contribution in [3.8, 4) is 23.0 Å². The number of carbonyl (C=O) groups excluding carboxylic acids is 1. The Hall–Kier alpha value is -2.89. The van der Waals surface area contributed by atoms with E-state index in [9.17, 15) is 4.79 Å². The van der Waals surface area contributed by atoms with Crippen molar-refractivity contribution in [1.82, 2.24) is 4.90 Å². The van der Waals surface area contributed by atoms with Crippen LogP contribution in [-0.4, -0.2) is 43.8 Å². The Labute approximate surface area is 159 Å². The molecule has 0 bridgehead atoms. The Bertz CT molecular complexity index is 792. The summed E-state index contributed by atoms with van der Waals surface area (Å²) in [6.45, 7) is 5.67. The number of carbonyl (C=O) groups is 1. The highest BCUT2D eigenvalue weighted by atomic mass is 16.6. The number of ether oxygens (including phenoxy) is 4. The Balaban J connectivity index is 1.71. The molecule has 144 valence electrons. The summed E-state index contributed by atoms with van der Waals surface area (Å²) in [7, 11) is 1.61. The van der Waals surface area contributed by atoms with Crippen LogP contribution in [0.2, 0.25) is 0 Å². The predicted molar refractivity (Wildman–Crippen MR) is 102 cm³/mol. The first-order chi connectivity index (χ1) is 13.2. The van der Waals surface area contributed by atoms with Gasteiger partial charge in [-0.1, -0.05) is 18.2 Å². The van der Waals surface area contributed by atoms with E-state index < -0.39 is 6.10 Å². The molecular weight excluding hydrogens is 346 g/mol. The second kappa shape index (κ2) is 8.66. The predicted octanol–water partition coefficient (Wildman–Crippen LogP) is 3.28. The number of likely N-dealkylation sites (N-methyl/N-ethyl adjacent to an activating group) is 1. The first-order valence-electron chi connectivity index (χ1n) is 9.13. The van der Waals surface area contributed by atoms with Crippen molar-refractivity contribution in [1.29, 1.82) is 0 Å². The van der Waals surface area contributed by atoms with Crippen LogP contribution in [-0.2, 0) is 11.3 Å². The van der Waals surface area contributed by atoms with E-state index in [1.54, 1.807) is 12.0 Å². The molecule has 2 aromatic rings. The second-order valence-electron chi connectivity index (χ2n) is 6.13. The monoisotopic (exact) mass is 371 g/mol. The summed E-state index contributed by atoms with van der Waals surface area (Å²) in [6.07, 6.45) is -0.649. The highest BCUT2D eigenvalue weighted by Gasteiger charge is 2.30. The zero-order chi connectivity index (χ0) is 19.2. The minimum atomic E-state index is -0.649. The van der Waals surface area contributed by atoms with Crippen LogP contribution < -0.4 is 18.9 Å². The summed E-state index contributed by atoms with van der Waals surface area (Å²) in [4.78, 5) is 14.7. The summed E-state index contributed by atoms with van der Waals surface area (Å²) in [5.74, 6) is 2.52. The lowest BCUT2D eigenvalue weighted by Crippen LogP contribution is -2.46. The number of fused-ring (bicyclic) bond motifs is 1. The molecule has 0 fully saturated rings. The molecule has 0 unspecified atom stereocenters. The fourth-order valence-corrected chi connectivity index (χ4v) is 3.00. The molecule has 27 heavy (non-hydrogen) atoms. The number of amides is 1. The summed E-state index contributed by atoms with van der Waals surface area (Å²) in [5.41, 5.74) is 0.961. The van der Waals surface area contributed by atoms with Gasteiger partial charge in [0, 0.05) is 13.1 Å². The molecule has 6 heteroatoms. The third-order valence-corrected chi connectivity index (χ3v) is 4.38. The summed E-state index contributed by atoms with van der Waals surface area (Å²) in [6, 6.07) is 13.1. The molecule has 1 aliphatic heterocycles. The molecule has 1 aliphatic rings. The Morgan fingerprint density at radius 3 is 2.63 bits per heavy atom. The molecule has 6 nitrogen and oxygen atoms in total. The molecule has 1 heterocycles. The van der Waals surface area contributed by atoms with Gasteiger partial charge in [-0.05, 0) is 43.7 Å². The fraction of sp³-hybridized carbons (Fsp3) is 0.381. The quantitative estimate of drug-likeness (QED) is 0.748. The SMILES string of the molecule is CCOc1ccc(CN(CC)C(=O)[C@@H]2COc3ccccc3O2)cc1OC. The topological polar surface area (TPSA) is 57.2 Å². The molecule has 0 radical (unpaired) electrons. The number of hydrogen-bond acceptors (Lipinski definition) is 5. The van der Waals surface area contributed by atoms with Crippen LogP contribution in [0.5, 0.6) is 23.0 Å². The van der Waals surface area contributed by atoms with Gasteiger partial charge in [-0.25, -0.2) is 0 Å². The van der Waals surface area contributed by atoms with Gasteiger partial charge < -0.3 is 23.8 Å². The summed E-state index contributed by atoms with van der Waals surface area (Å²) in [5, 5.41) is 0. The first kappa shape index (κ1) is 18.9. The molecule has 0 aliphatic carbocycles. The summed E-state index contributed by atoms with van der Waals surface area (Å²) >= 11 is 0. The first-order valence-corrected chi connectivity index (χ1v) is 9.13. The van der Waals surface area contributed by atoms with Gasteiger partial charge in [0.15, 0.2) is 23.0 Å². The largest absolute Gasteiger partial charge is 0.493 e. The van der Waals surface area contributed by atoms with E-state index in [2.05, 4.69) is 0 Å². The van der Waals surface area contributed by atoms with Crippen LogP contribution in [0.4, 0.5) is 0 Å². The Kier molecular flexibility index (Phi) is 6.06. The van der Waals surface area contributed by atoms with Crippen molar-refractivity contribution < 1.29 is 23.7 Å². The third kappa shape index (κ3) is 4.27. The highest BCUT2D eigenvalue weighted by Crippen LogP contribution is 2.32. The second-order valence-corrected chi connectivity index (χ2v) is 6.13. The maximum Gasteiger partial charge on any atom is 0.267 e. The van der Waals surface area contributed by atoms with Crippen LogP contribution >= 0.6 is 0 Å². The third-order valence-electron chi connectivity index (χ3n) is 4.38. The van der Waals surface area contributed by atoms with Crippen molar-refractivity contribution in [2.24, 2.45) is 0 Å². The number of hydrogen-bond donors (Lipinski definition) is 0. The van der Waals surface area contributed by atoms with E-state index in [0.29, 0.717) is 42.7 Å². The van der Waals surface area contributed by atoms with E-state index in [4.69, 9.17) is 18.9 Å². The number of rotatable bonds is 7. The van der Waals surface area contributed by atoms with Gasteiger partial charge in [-0.3, -0.25) is 4.79 Å². The van der Waals surface area contributed by atoms with Gasteiger partial charge in [0.05, 0.1) is 13.7 Å².